The van der Waals surface area contributed by atoms with Crippen molar-refractivity contribution in [3.05, 3.63) is 36.5 Å². The first-order valence-corrected chi connectivity index (χ1v) is 22.1. The lowest BCUT2D eigenvalue weighted by atomic mass is 10.1. The molecule has 0 radical (unpaired) electrons. The van der Waals surface area contributed by atoms with Gasteiger partial charge in [0.1, 0.15) is 6.10 Å². The molecule has 0 saturated carbocycles. The molecule has 4 nitrogen and oxygen atoms in total. The number of carbonyl (C=O) groups is 1. The summed E-state index contributed by atoms with van der Waals surface area (Å²) in [6, 6.07) is 0. The largest absolute Gasteiger partial charge is 0.457 e. The van der Waals surface area contributed by atoms with E-state index in [0.29, 0.717) is 13.0 Å². The van der Waals surface area contributed by atoms with E-state index in [1.807, 2.05) is 0 Å². The van der Waals surface area contributed by atoms with E-state index >= 15 is 0 Å². The third-order valence-corrected chi connectivity index (χ3v) is 9.69. The van der Waals surface area contributed by atoms with Crippen LogP contribution in [-0.4, -0.2) is 37.0 Å². The number of hydrogen-bond acceptors (Lipinski definition) is 4. The molecular weight excluding hydrogens is 617 g/mol. The monoisotopic (exact) mass is 703 g/mol. The zero-order valence-corrected chi connectivity index (χ0v) is 33.7. The zero-order valence-electron chi connectivity index (χ0n) is 33.7. The molecule has 1 unspecified atom stereocenters. The summed E-state index contributed by atoms with van der Waals surface area (Å²) in [7, 11) is 0. The van der Waals surface area contributed by atoms with Gasteiger partial charge in [-0.05, 0) is 70.6 Å². The minimum atomic E-state index is -0.540. The number of carbonyl (C=O) groups excluding carboxylic acids is 1. The summed E-state index contributed by atoms with van der Waals surface area (Å²) in [6.45, 7) is 5.33. The zero-order chi connectivity index (χ0) is 36.3. The Hall–Kier alpha value is -1.39. The molecule has 0 aromatic rings. The van der Waals surface area contributed by atoms with Crippen molar-refractivity contribution in [2.24, 2.45) is 0 Å². The van der Waals surface area contributed by atoms with Crippen molar-refractivity contribution in [1.82, 2.24) is 0 Å². The SMILES string of the molecule is CCCCCC/C=C\C/C=C\CCCCCCCCOCC(CO)OC(=O)CCCCCCCCCCC/C=C\CCCCCCCCCC. The molecule has 0 aliphatic heterocycles. The Labute approximate surface area is 312 Å². The highest BCUT2D eigenvalue weighted by molar-refractivity contribution is 5.69. The summed E-state index contributed by atoms with van der Waals surface area (Å²) in [4.78, 5) is 12.2. The Balaban J connectivity index is 3.43. The Kier molecular flexibility index (Phi) is 42.6. The predicted molar refractivity (Wildman–Crippen MR) is 219 cm³/mol. The number of aliphatic hydroxyl groups excluding tert-OH is 1. The van der Waals surface area contributed by atoms with Crippen molar-refractivity contribution in [3.8, 4) is 0 Å². The van der Waals surface area contributed by atoms with Gasteiger partial charge in [-0.2, -0.15) is 0 Å². The molecule has 0 saturated heterocycles. The molecule has 1 N–H and O–H groups in total. The number of esters is 1. The van der Waals surface area contributed by atoms with Crippen LogP contribution >= 0.6 is 0 Å². The molecule has 0 heterocycles. The van der Waals surface area contributed by atoms with Gasteiger partial charge in [-0.3, -0.25) is 4.79 Å². The van der Waals surface area contributed by atoms with Crippen LogP contribution < -0.4 is 0 Å². The van der Waals surface area contributed by atoms with Crippen molar-refractivity contribution >= 4 is 5.97 Å². The second kappa shape index (κ2) is 43.8. The van der Waals surface area contributed by atoms with Crippen LogP contribution in [0.4, 0.5) is 0 Å². The highest BCUT2D eigenvalue weighted by Crippen LogP contribution is 2.14. The third kappa shape index (κ3) is 41.0. The Morgan fingerprint density at radius 1 is 0.480 bits per heavy atom. The van der Waals surface area contributed by atoms with Gasteiger partial charge in [-0.1, -0.05) is 185 Å². The van der Waals surface area contributed by atoms with Crippen LogP contribution in [0.25, 0.3) is 0 Å². The van der Waals surface area contributed by atoms with Crippen LogP contribution in [0.2, 0.25) is 0 Å². The number of allylic oxidation sites excluding steroid dienone is 6. The number of aliphatic hydroxyl groups is 1. The minimum absolute atomic E-state index is 0.175. The second-order valence-electron chi connectivity index (χ2n) is 14.8. The molecule has 0 rings (SSSR count). The van der Waals surface area contributed by atoms with Crippen molar-refractivity contribution < 1.29 is 19.4 Å². The van der Waals surface area contributed by atoms with Gasteiger partial charge in [0.15, 0.2) is 0 Å². The molecule has 0 aromatic heterocycles. The van der Waals surface area contributed by atoms with Crippen LogP contribution in [-0.2, 0) is 14.3 Å². The average molecular weight is 703 g/mol. The summed E-state index contributed by atoms with van der Waals surface area (Å²) in [5.74, 6) is -0.205. The van der Waals surface area contributed by atoms with Crippen LogP contribution in [0.1, 0.15) is 226 Å². The summed E-state index contributed by atoms with van der Waals surface area (Å²) in [5, 5.41) is 9.60. The molecule has 0 aliphatic carbocycles. The Bertz CT molecular complexity index is 742. The predicted octanol–water partition coefficient (Wildman–Crippen LogP) is 14.5. The summed E-state index contributed by atoms with van der Waals surface area (Å²) >= 11 is 0. The van der Waals surface area contributed by atoms with E-state index in [2.05, 4.69) is 50.3 Å². The molecule has 0 aliphatic rings. The average Bonchev–Trinajstić information content (AvgIpc) is 3.12. The van der Waals surface area contributed by atoms with Gasteiger partial charge in [0.2, 0.25) is 0 Å². The molecule has 4 heteroatoms. The lowest BCUT2D eigenvalue weighted by Gasteiger charge is -2.15. The quantitative estimate of drug-likeness (QED) is 0.0391. The minimum Gasteiger partial charge on any atom is -0.457 e. The van der Waals surface area contributed by atoms with Gasteiger partial charge in [-0.15, -0.1) is 0 Å². The van der Waals surface area contributed by atoms with Gasteiger partial charge in [0.25, 0.3) is 0 Å². The maximum Gasteiger partial charge on any atom is 0.306 e. The fraction of sp³-hybridized carbons (Fsp3) is 0.848. The van der Waals surface area contributed by atoms with E-state index in [4.69, 9.17) is 9.47 Å². The van der Waals surface area contributed by atoms with Crippen molar-refractivity contribution in [2.45, 2.75) is 232 Å². The van der Waals surface area contributed by atoms with Crippen molar-refractivity contribution in [2.75, 3.05) is 19.8 Å². The third-order valence-electron chi connectivity index (χ3n) is 9.69. The maximum absolute atomic E-state index is 12.2. The fourth-order valence-electron chi connectivity index (χ4n) is 6.35. The van der Waals surface area contributed by atoms with Gasteiger partial charge in [0, 0.05) is 13.0 Å². The molecule has 0 spiro atoms. The standard InChI is InChI=1S/C46H86O4/c1-3-5-7-9-11-13-15-17-19-21-22-23-24-25-27-29-31-33-35-37-39-41-46(48)50-45(43-47)44-49-42-40-38-36-34-32-30-28-26-20-18-16-14-12-10-8-6-4-2/h14,16,20-22,26,45,47H,3-13,15,17-19,23-25,27-44H2,1-2H3/b16-14-,22-21-,26-20-. The molecular formula is C46H86O4. The lowest BCUT2D eigenvalue weighted by molar-refractivity contribution is -0.154. The second-order valence-corrected chi connectivity index (χ2v) is 14.8. The van der Waals surface area contributed by atoms with E-state index in [-0.39, 0.29) is 19.2 Å². The smallest absolute Gasteiger partial charge is 0.306 e. The molecule has 50 heavy (non-hydrogen) atoms. The van der Waals surface area contributed by atoms with Gasteiger partial charge >= 0.3 is 5.97 Å². The molecule has 0 amide bonds. The highest BCUT2D eigenvalue weighted by atomic mass is 16.6. The lowest BCUT2D eigenvalue weighted by Crippen LogP contribution is -2.27. The van der Waals surface area contributed by atoms with E-state index < -0.39 is 6.10 Å². The van der Waals surface area contributed by atoms with Crippen LogP contribution in [0, 0.1) is 0 Å². The van der Waals surface area contributed by atoms with Crippen molar-refractivity contribution in [3.63, 3.8) is 0 Å². The van der Waals surface area contributed by atoms with Crippen molar-refractivity contribution in [1.29, 1.82) is 0 Å². The van der Waals surface area contributed by atoms with Crippen LogP contribution in [0.5, 0.6) is 0 Å². The normalized spacial score (nSPS) is 12.6. The number of unbranched alkanes of at least 4 members (excludes halogenated alkanes) is 27. The molecule has 0 fully saturated rings. The maximum atomic E-state index is 12.2. The number of rotatable bonds is 41. The first-order chi connectivity index (χ1) is 24.7. The Morgan fingerprint density at radius 3 is 1.28 bits per heavy atom. The number of hydrogen-bond donors (Lipinski definition) is 1. The molecule has 1 atom stereocenters. The van der Waals surface area contributed by atoms with E-state index in [9.17, 15) is 9.90 Å². The van der Waals surface area contributed by atoms with E-state index in [1.165, 1.54) is 180 Å². The fourth-order valence-corrected chi connectivity index (χ4v) is 6.35. The number of ether oxygens (including phenoxy) is 2. The molecule has 0 aromatic carbocycles. The van der Waals surface area contributed by atoms with Gasteiger partial charge in [-0.25, -0.2) is 0 Å². The summed E-state index contributed by atoms with van der Waals surface area (Å²) in [6.07, 6.45) is 54.9. The van der Waals surface area contributed by atoms with Gasteiger partial charge < -0.3 is 14.6 Å². The molecule has 0 bridgehead atoms. The highest BCUT2D eigenvalue weighted by Gasteiger charge is 2.13. The van der Waals surface area contributed by atoms with Crippen LogP contribution in [0.15, 0.2) is 36.5 Å². The molecule has 294 valence electrons. The van der Waals surface area contributed by atoms with E-state index in [0.717, 1.165) is 25.7 Å². The summed E-state index contributed by atoms with van der Waals surface area (Å²) in [5.41, 5.74) is 0. The topological polar surface area (TPSA) is 55.8 Å². The van der Waals surface area contributed by atoms with E-state index in [1.54, 1.807) is 0 Å². The Morgan fingerprint density at radius 2 is 0.840 bits per heavy atom. The summed E-state index contributed by atoms with van der Waals surface area (Å²) < 4.78 is 11.2. The van der Waals surface area contributed by atoms with Crippen LogP contribution in [0.3, 0.4) is 0 Å². The first kappa shape index (κ1) is 48.6. The van der Waals surface area contributed by atoms with Gasteiger partial charge in [0.05, 0.1) is 13.2 Å². The first-order valence-electron chi connectivity index (χ1n) is 22.1.